The molecule has 0 aromatic rings. The Morgan fingerprint density at radius 2 is 2.00 bits per heavy atom. The maximum absolute atomic E-state index is 5.15. The molecule has 0 N–H and O–H groups in total. The highest BCUT2D eigenvalue weighted by Crippen LogP contribution is 2.20. The van der Waals surface area contributed by atoms with E-state index in [4.69, 9.17) is 4.74 Å². The molecule has 0 radical (unpaired) electrons. The van der Waals surface area contributed by atoms with Gasteiger partial charge in [-0.2, -0.15) is 12.6 Å². The predicted octanol–water partition coefficient (Wildman–Crippen LogP) is 2.69. The second kappa shape index (κ2) is 7.53. The monoisotopic (exact) mass is 233 g/mol. The van der Waals surface area contributed by atoms with Crippen molar-refractivity contribution in [1.29, 1.82) is 0 Å². The van der Waals surface area contributed by atoms with Gasteiger partial charge in [0.1, 0.15) is 0 Å². The van der Waals surface area contributed by atoms with Gasteiger partial charge in [-0.05, 0) is 24.5 Å². The van der Waals surface area contributed by atoms with Crippen molar-refractivity contribution in [3.05, 3.63) is 0 Å². The van der Waals surface area contributed by atoms with Crippen LogP contribution in [-0.2, 0) is 4.74 Å². The van der Waals surface area contributed by atoms with Gasteiger partial charge in [0.05, 0.1) is 6.61 Å². The zero-order valence-corrected chi connectivity index (χ0v) is 11.8. The van der Waals surface area contributed by atoms with Gasteiger partial charge in [-0.25, -0.2) is 0 Å². The Morgan fingerprint density at radius 1 is 1.40 bits per heavy atom. The molecule has 0 saturated carbocycles. The van der Waals surface area contributed by atoms with Gasteiger partial charge in [0.2, 0.25) is 0 Å². The minimum atomic E-state index is 0.278. The Kier molecular flexibility index (Phi) is 7.66. The molecule has 15 heavy (non-hydrogen) atoms. The molecular formula is C12H27NOS. The van der Waals surface area contributed by atoms with Crippen LogP contribution in [0.5, 0.6) is 0 Å². The number of thiol groups is 1. The average Bonchev–Trinajstić information content (AvgIpc) is 2.23. The summed E-state index contributed by atoms with van der Waals surface area (Å²) in [6.45, 7) is 12.0. The third-order valence-corrected chi connectivity index (χ3v) is 3.71. The van der Waals surface area contributed by atoms with Crippen molar-refractivity contribution < 1.29 is 4.74 Å². The number of rotatable bonds is 8. The number of ether oxygens (including phenoxy) is 1. The minimum Gasteiger partial charge on any atom is -0.383 e. The van der Waals surface area contributed by atoms with E-state index in [0.717, 1.165) is 25.4 Å². The summed E-state index contributed by atoms with van der Waals surface area (Å²) in [6.07, 6.45) is 1.19. The van der Waals surface area contributed by atoms with E-state index in [1.54, 1.807) is 7.11 Å². The zero-order chi connectivity index (χ0) is 11.9. The average molecular weight is 233 g/mol. The van der Waals surface area contributed by atoms with Crippen LogP contribution in [0.3, 0.4) is 0 Å². The van der Waals surface area contributed by atoms with Crippen molar-refractivity contribution in [2.45, 2.75) is 40.2 Å². The molecule has 1 unspecified atom stereocenters. The maximum Gasteiger partial charge on any atom is 0.0589 e. The molecule has 1 atom stereocenters. The van der Waals surface area contributed by atoms with E-state index in [-0.39, 0.29) is 5.41 Å². The predicted molar refractivity (Wildman–Crippen MR) is 70.8 cm³/mol. The molecule has 0 aliphatic rings. The number of methoxy groups -OCH3 is 1. The van der Waals surface area contributed by atoms with Gasteiger partial charge in [-0.15, -0.1) is 0 Å². The maximum atomic E-state index is 5.15. The smallest absolute Gasteiger partial charge is 0.0589 e. The normalized spacial score (nSPS) is 14.6. The second-order valence-electron chi connectivity index (χ2n) is 5.04. The first kappa shape index (κ1) is 15.3. The van der Waals surface area contributed by atoms with Crippen molar-refractivity contribution in [3.63, 3.8) is 0 Å². The number of hydrogen-bond donors (Lipinski definition) is 1. The first-order valence-electron chi connectivity index (χ1n) is 5.80. The van der Waals surface area contributed by atoms with Crippen molar-refractivity contribution in [1.82, 2.24) is 4.90 Å². The van der Waals surface area contributed by atoms with E-state index in [9.17, 15) is 0 Å². The van der Waals surface area contributed by atoms with Gasteiger partial charge < -0.3 is 4.74 Å². The Bertz CT molecular complexity index is 162. The Hall–Kier alpha value is 0.270. The topological polar surface area (TPSA) is 12.5 Å². The fraction of sp³-hybridized carbons (Fsp3) is 1.00. The lowest BCUT2D eigenvalue weighted by Gasteiger charge is -2.35. The van der Waals surface area contributed by atoms with E-state index >= 15 is 0 Å². The summed E-state index contributed by atoms with van der Waals surface area (Å²) in [7, 11) is 1.76. The third kappa shape index (κ3) is 6.44. The van der Waals surface area contributed by atoms with Crippen molar-refractivity contribution >= 4 is 12.6 Å². The van der Waals surface area contributed by atoms with Gasteiger partial charge in [0, 0.05) is 26.2 Å². The summed E-state index contributed by atoms with van der Waals surface area (Å²) in [6, 6.07) is 0.624. The molecular weight excluding hydrogens is 206 g/mol. The molecule has 92 valence electrons. The first-order valence-corrected chi connectivity index (χ1v) is 6.44. The molecule has 0 saturated heterocycles. The van der Waals surface area contributed by atoms with Crippen molar-refractivity contribution in [3.8, 4) is 0 Å². The fourth-order valence-electron chi connectivity index (χ4n) is 1.52. The number of hydrogen-bond acceptors (Lipinski definition) is 3. The molecule has 0 aromatic heterocycles. The van der Waals surface area contributed by atoms with Gasteiger partial charge in [-0.1, -0.05) is 20.8 Å². The highest BCUT2D eigenvalue weighted by molar-refractivity contribution is 7.80. The molecule has 0 amide bonds. The summed E-state index contributed by atoms with van der Waals surface area (Å²) in [5, 5.41) is 0. The zero-order valence-electron chi connectivity index (χ0n) is 10.9. The fourth-order valence-corrected chi connectivity index (χ4v) is 1.62. The second-order valence-corrected chi connectivity index (χ2v) is 5.36. The molecule has 0 aromatic carbocycles. The summed E-state index contributed by atoms with van der Waals surface area (Å²) in [4.78, 5) is 2.50. The van der Waals surface area contributed by atoms with Gasteiger partial charge >= 0.3 is 0 Å². The van der Waals surface area contributed by atoms with Crippen LogP contribution in [0, 0.1) is 5.41 Å². The minimum absolute atomic E-state index is 0.278. The van der Waals surface area contributed by atoms with Crippen LogP contribution in [0.15, 0.2) is 0 Å². The molecule has 3 heteroatoms. The Balaban J connectivity index is 4.23. The van der Waals surface area contributed by atoms with Crippen LogP contribution in [0.2, 0.25) is 0 Å². The lowest BCUT2D eigenvalue weighted by molar-refractivity contribution is 0.0961. The van der Waals surface area contributed by atoms with E-state index in [1.807, 2.05) is 0 Å². The third-order valence-electron chi connectivity index (χ3n) is 2.86. The summed E-state index contributed by atoms with van der Waals surface area (Å²) in [5.41, 5.74) is 0.278. The molecule has 0 aliphatic carbocycles. The summed E-state index contributed by atoms with van der Waals surface area (Å²) < 4.78 is 5.15. The molecule has 0 heterocycles. The van der Waals surface area contributed by atoms with Crippen LogP contribution in [0.25, 0.3) is 0 Å². The SMILES string of the molecule is CCC(C)N(CCOC)CC(C)(C)CS. The van der Waals surface area contributed by atoms with E-state index < -0.39 is 0 Å². The highest BCUT2D eigenvalue weighted by Gasteiger charge is 2.22. The summed E-state index contributed by atoms with van der Waals surface area (Å²) in [5.74, 6) is 0.924. The Morgan fingerprint density at radius 3 is 2.40 bits per heavy atom. The molecule has 2 nitrogen and oxygen atoms in total. The van der Waals surface area contributed by atoms with Crippen molar-refractivity contribution in [2.75, 3.05) is 32.6 Å². The van der Waals surface area contributed by atoms with Crippen molar-refractivity contribution in [2.24, 2.45) is 5.41 Å². The molecule has 0 bridgehead atoms. The van der Waals surface area contributed by atoms with Crippen LogP contribution < -0.4 is 0 Å². The lowest BCUT2D eigenvalue weighted by atomic mass is 9.94. The number of nitrogens with zero attached hydrogens (tertiary/aromatic N) is 1. The summed E-state index contributed by atoms with van der Waals surface area (Å²) >= 11 is 4.41. The quantitative estimate of drug-likeness (QED) is 0.647. The highest BCUT2D eigenvalue weighted by atomic mass is 32.1. The molecule has 0 rings (SSSR count). The molecule has 0 aliphatic heterocycles. The lowest BCUT2D eigenvalue weighted by Crippen LogP contribution is -2.42. The largest absolute Gasteiger partial charge is 0.383 e. The van der Waals surface area contributed by atoms with Crippen LogP contribution in [0.1, 0.15) is 34.1 Å². The van der Waals surface area contributed by atoms with E-state index in [0.29, 0.717) is 6.04 Å². The van der Waals surface area contributed by atoms with E-state index in [1.165, 1.54) is 6.42 Å². The van der Waals surface area contributed by atoms with Crippen LogP contribution in [-0.4, -0.2) is 43.5 Å². The standard InChI is InChI=1S/C12H27NOS/c1-6-11(2)13(7-8-14-5)9-12(3,4)10-15/h11,15H,6-10H2,1-5H3. The van der Waals surface area contributed by atoms with Gasteiger partial charge in [0.25, 0.3) is 0 Å². The molecule has 0 fully saturated rings. The Labute approximate surface area is 101 Å². The van der Waals surface area contributed by atoms with Crippen LogP contribution >= 0.6 is 12.6 Å². The van der Waals surface area contributed by atoms with E-state index in [2.05, 4.69) is 45.2 Å². The molecule has 0 spiro atoms. The van der Waals surface area contributed by atoms with Gasteiger partial charge in [0.15, 0.2) is 0 Å². The van der Waals surface area contributed by atoms with Gasteiger partial charge in [-0.3, -0.25) is 4.90 Å². The first-order chi connectivity index (χ1) is 6.96. The van der Waals surface area contributed by atoms with Crippen LogP contribution in [0.4, 0.5) is 0 Å².